The molecule has 5 heteroatoms. The van der Waals surface area contributed by atoms with E-state index in [1.165, 1.54) is 0 Å². The second kappa shape index (κ2) is 8.91. The summed E-state index contributed by atoms with van der Waals surface area (Å²) in [5.41, 5.74) is 0.494. The van der Waals surface area contributed by atoms with Crippen LogP contribution in [-0.2, 0) is 4.74 Å². The summed E-state index contributed by atoms with van der Waals surface area (Å²) >= 11 is 5.98. The molecular weight excluding hydrogens is 264 g/mol. The summed E-state index contributed by atoms with van der Waals surface area (Å²) in [6.07, 6.45) is 0.872. The SMILES string of the molecule is CCOC(CCNC)CNC(=O)c1ccccc1Cl. The number of carbonyl (C=O) groups is 1. The highest BCUT2D eigenvalue weighted by Crippen LogP contribution is 2.14. The Hall–Kier alpha value is -1.10. The lowest BCUT2D eigenvalue weighted by Crippen LogP contribution is -2.35. The summed E-state index contributed by atoms with van der Waals surface area (Å²) in [7, 11) is 1.89. The van der Waals surface area contributed by atoms with Crippen molar-refractivity contribution in [1.82, 2.24) is 10.6 Å². The molecule has 4 nitrogen and oxygen atoms in total. The van der Waals surface area contributed by atoms with E-state index in [0.717, 1.165) is 13.0 Å². The maximum absolute atomic E-state index is 12.0. The van der Waals surface area contributed by atoms with Crippen molar-refractivity contribution in [2.75, 3.05) is 26.7 Å². The Kier molecular flexibility index (Phi) is 7.48. The van der Waals surface area contributed by atoms with Crippen LogP contribution >= 0.6 is 11.6 Å². The minimum Gasteiger partial charge on any atom is -0.377 e. The molecule has 0 fully saturated rings. The molecule has 1 amide bonds. The maximum atomic E-state index is 12.0. The van der Waals surface area contributed by atoms with Gasteiger partial charge >= 0.3 is 0 Å². The average Bonchev–Trinajstić information content (AvgIpc) is 2.42. The number of hydrogen-bond donors (Lipinski definition) is 2. The molecule has 106 valence electrons. The molecule has 1 atom stereocenters. The van der Waals surface area contributed by atoms with Gasteiger partial charge in [0.15, 0.2) is 0 Å². The van der Waals surface area contributed by atoms with Gasteiger partial charge in [-0.15, -0.1) is 0 Å². The second-order valence-electron chi connectivity index (χ2n) is 4.16. The number of benzene rings is 1. The highest BCUT2D eigenvalue weighted by molar-refractivity contribution is 6.33. The maximum Gasteiger partial charge on any atom is 0.252 e. The molecule has 1 aromatic carbocycles. The lowest BCUT2D eigenvalue weighted by atomic mass is 10.2. The second-order valence-corrected chi connectivity index (χ2v) is 4.57. The average molecular weight is 285 g/mol. The number of halogens is 1. The van der Waals surface area contributed by atoms with E-state index in [0.29, 0.717) is 23.7 Å². The first-order valence-electron chi connectivity index (χ1n) is 6.48. The van der Waals surface area contributed by atoms with Crippen molar-refractivity contribution >= 4 is 17.5 Å². The van der Waals surface area contributed by atoms with Gasteiger partial charge < -0.3 is 15.4 Å². The third-order valence-corrected chi connectivity index (χ3v) is 3.06. The van der Waals surface area contributed by atoms with E-state index in [9.17, 15) is 4.79 Å². The minimum absolute atomic E-state index is 0.0175. The molecule has 0 spiro atoms. The molecular formula is C14H21ClN2O2. The van der Waals surface area contributed by atoms with Gasteiger partial charge in [-0.1, -0.05) is 23.7 Å². The van der Waals surface area contributed by atoms with Crippen LogP contribution in [0.25, 0.3) is 0 Å². The van der Waals surface area contributed by atoms with Gasteiger partial charge in [0.05, 0.1) is 16.7 Å². The number of hydrogen-bond acceptors (Lipinski definition) is 3. The summed E-state index contributed by atoms with van der Waals surface area (Å²) in [6, 6.07) is 7.01. The molecule has 0 aliphatic carbocycles. The fourth-order valence-electron chi connectivity index (χ4n) is 1.73. The van der Waals surface area contributed by atoms with E-state index >= 15 is 0 Å². The van der Waals surface area contributed by atoms with E-state index < -0.39 is 0 Å². The van der Waals surface area contributed by atoms with Crippen LogP contribution in [0.2, 0.25) is 5.02 Å². The molecule has 0 saturated carbocycles. The Labute approximate surface area is 119 Å². The summed E-state index contributed by atoms with van der Waals surface area (Å²) < 4.78 is 5.57. The van der Waals surface area contributed by atoms with Crippen LogP contribution < -0.4 is 10.6 Å². The molecule has 1 unspecified atom stereocenters. The van der Waals surface area contributed by atoms with Crippen LogP contribution in [0.4, 0.5) is 0 Å². The van der Waals surface area contributed by atoms with Crippen LogP contribution in [-0.4, -0.2) is 38.8 Å². The van der Waals surface area contributed by atoms with Gasteiger partial charge in [0.25, 0.3) is 5.91 Å². The van der Waals surface area contributed by atoms with Gasteiger partial charge in [0.2, 0.25) is 0 Å². The fraction of sp³-hybridized carbons (Fsp3) is 0.500. The van der Waals surface area contributed by atoms with Crippen LogP contribution in [0.3, 0.4) is 0 Å². The van der Waals surface area contributed by atoms with Crippen molar-refractivity contribution in [2.45, 2.75) is 19.4 Å². The summed E-state index contributed by atoms with van der Waals surface area (Å²) in [6.45, 7) is 3.92. The first-order chi connectivity index (χ1) is 9.19. The Bertz CT molecular complexity index is 399. The van der Waals surface area contributed by atoms with E-state index in [-0.39, 0.29) is 12.0 Å². The molecule has 2 N–H and O–H groups in total. The molecule has 0 aromatic heterocycles. The Balaban J connectivity index is 2.49. The zero-order chi connectivity index (χ0) is 14.1. The van der Waals surface area contributed by atoms with Gasteiger partial charge in [-0.3, -0.25) is 4.79 Å². The Morgan fingerprint density at radius 3 is 2.79 bits per heavy atom. The Morgan fingerprint density at radius 1 is 1.42 bits per heavy atom. The highest BCUT2D eigenvalue weighted by atomic mass is 35.5. The largest absolute Gasteiger partial charge is 0.377 e. The zero-order valence-corrected chi connectivity index (χ0v) is 12.2. The number of carbonyl (C=O) groups excluding carboxylic acids is 1. The van der Waals surface area contributed by atoms with E-state index in [1.807, 2.05) is 14.0 Å². The van der Waals surface area contributed by atoms with Crippen molar-refractivity contribution in [3.05, 3.63) is 34.9 Å². The van der Waals surface area contributed by atoms with Crippen molar-refractivity contribution in [2.24, 2.45) is 0 Å². The van der Waals surface area contributed by atoms with Gasteiger partial charge in [-0.05, 0) is 39.1 Å². The summed E-state index contributed by atoms with van der Waals surface area (Å²) in [4.78, 5) is 12.0. The van der Waals surface area contributed by atoms with Crippen LogP contribution in [0.5, 0.6) is 0 Å². The summed E-state index contributed by atoms with van der Waals surface area (Å²) in [5.74, 6) is -0.167. The van der Waals surface area contributed by atoms with Crippen molar-refractivity contribution in [1.29, 1.82) is 0 Å². The standard InChI is InChI=1S/C14H21ClN2O2/c1-3-19-11(8-9-16-2)10-17-14(18)12-6-4-5-7-13(12)15/h4-7,11,16H,3,8-10H2,1-2H3,(H,17,18). The Morgan fingerprint density at radius 2 is 2.16 bits per heavy atom. The predicted octanol–water partition coefficient (Wildman–Crippen LogP) is 2.08. The van der Waals surface area contributed by atoms with E-state index in [2.05, 4.69) is 10.6 Å². The lowest BCUT2D eigenvalue weighted by molar-refractivity contribution is 0.0543. The van der Waals surface area contributed by atoms with Crippen molar-refractivity contribution in [3.8, 4) is 0 Å². The molecule has 0 radical (unpaired) electrons. The highest BCUT2D eigenvalue weighted by Gasteiger charge is 2.13. The van der Waals surface area contributed by atoms with Gasteiger partial charge in [0.1, 0.15) is 0 Å². The summed E-state index contributed by atoms with van der Waals surface area (Å²) in [5, 5.41) is 6.39. The number of ether oxygens (including phenoxy) is 1. The first kappa shape index (κ1) is 16.0. The molecule has 0 bridgehead atoms. The van der Waals surface area contributed by atoms with Gasteiger partial charge in [-0.2, -0.15) is 0 Å². The number of nitrogens with one attached hydrogen (secondary N) is 2. The van der Waals surface area contributed by atoms with Gasteiger partial charge in [-0.25, -0.2) is 0 Å². The quantitative estimate of drug-likeness (QED) is 0.768. The number of rotatable bonds is 8. The van der Waals surface area contributed by atoms with Crippen molar-refractivity contribution < 1.29 is 9.53 Å². The third kappa shape index (κ3) is 5.59. The van der Waals surface area contributed by atoms with Gasteiger partial charge in [0, 0.05) is 13.2 Å². The predicted molar refractivity (Wildman–Crippen MR) is 77.7 cm³/mol. The molecule has 0 aliphatic rings. The topological polar surface area (TPSA) is 50.4 Å². The monoisotopic (exact) mass is 284 g/mol. The molecule has 1 rings (SSSR count). The van der Waals surface area contributed by atoms with Crippen LogP contribution in [0, 0.1) is 0 Å². The molecule has 19 heavy (non-hydrogen) atoms. The fourth-order valence-corrected chi connectivity index (χ4v) is 1.95. The smallest absolute Gasteiger partial charge is 0.252 e. The van der Waals surface area contributed by atoms with Crippen LogP contribution in [0.15, 0.2) is 24.3 Å². The lowest BCUT2D eigenvalue weighted by Gasteiger charge is -2.17. The van der Waals surface area contributed by atoms with E-state index in [1.54, 1.807) is 24.3 Å². The molecule has 0 saturated heterocycles. The normalized spacial score (nSPS) is 12.2. The molecule has 0 aliphatic heterocycles. The van der Waals surface area contributed by atoms with Crippen molar-refractivity contribution in [3.63, 3.8) is 0 Å². The molecule has 0 heterocycles. The molecule has 1 aromatic rings. The van der Waals surface area contributed by atoms with E-state index in [4.69, 9.17) is 16.3 Å². The zero-order valence-electron chi connectivity index (χ0n) is 11.4. The van der Waals surface area contributed by atoms with Crippen LogP contribution in [0.1, 0.15) is 23.7 Å². The third-order valence-electron chi connectivity index (χ3n) is 2.73. The minimum atomic E-state index is -0.167. The first-order valence-corrected chi connectivity index (χ1v) is 6.85. The number of amides is 1.